The van der Waals surface area contributed by atoms with E-state index >= 15 is 0 Å². The molecule has 0 fully saturated rings. The smallest absolute Gasteiger partial charge is 0.141 e. The zero-order valence-corrected chi connectivity index (χ0v) is 11.8. The van der Waals surface area contributed by atoms with Gasteiger partial charge in [-0.1, -0.05) is 0 Å². The van der Waals surface area contributed by atoms with Crippen molar-refractivity contribution in [1.29, 1.82) is 0 Å². The summed E-state index contributed by atoms with van der Waals surface area (Å²) >= 11 is 2.10. The van der Waals surface area contributed by atoms with Crippen LogP contribution in [0.1, 0.15) is 0 Å². The number of benzene rings is 1. The van der Waals surface area contributed by atoms with Crippen LogP contribution in [-0.2, 0) is 7.05 Å². The molecule has 1 N–H and O–H groups in total. The van der Waals surface area contributed by atoms with Gasteiger partial charge in [0.1, 0.15) is 11.6 Å². The molecule has 18 heavy (non-hydrogen) atoms. The van der Waals surface area contributed by atoms with Crippen molar-refractivity contribution in [3.63, 3.8) is 0 Å². The van der Waals surface area contributed by atoms with Crippen molar-refractivity contribution in [2.45, 2.75) is 0 Å². The van der Waals surface area contributed by atoms with Gasteiger partial charge in [-0.25, -0.2) is 4.98 Å². The van der Waals surface area contributed by atoms with Gasteiger partial charge in [0.25, 0.3) is 0 Å². The van der Waals surface area contributed by atoms with E-state index in [1.165, 1.54) is 0 Å². The lowest BCUT2D eigenvalue weighted by Gasteiger charge is -2.04. The topological polar surface area (TPSA) is 50.9 Å². The molecule has 0 radical (unpaired) electrons. The molecule has 0 aliphatic rings. The number of pyridine rings is 1. The summed E-state index contributed by atoms with van der Waals surface area (Å²) in [5.74, 6) is 1.10. The van der Waals surface area contributed by atoms with Crippen LogP contribution < -0.4 is 0 Å². The maximum Gasteiger partial charge on any atom is 0.141 e. The first kappa shape index (κ1) is 11.5. The van der Waals surface area contributed by atoms with Crippen LogP contribution >= 0.6 is 22.6 Å². The van der Waals surface area contributed by atoms with Crippen LogP contribution in [0.3, 0.4) is 0 Å². The van der Waals surface area contributed by atoms with Crippen molar-refractivity contribution in [2.24, 2.45) is 7.05 Å². The maximum atomic E-state index is 9.77. The number of aromatic nitrogens is 3. The first-order chi connectivity index (χ1) is 8.66. The van der Waals surface area contributed by atoms with Gasteiger partial charge in [-0.3, -0.25) is 4.98 Å². The van der Waals surface area contributed by atoms with Crippen LogP contribution in [-0.4, -0.2) is 19.6 Å². The number of imidazole rings is 1. The molecule has 2 aromatic heterocycles. The lowest BCUT2D eigenvalue weighted by Crippen LogP contribution is -1.92. The number of hydrogen-bond donors (Lipinski definition) is 1. The highest BCUT2D eigenvalue weighted by Gasteiger charge is 2.10. The first-order valence-electron chi connectivity index (χ1n) is 5.42. The summed E-state index contributed by atoms with van der Waals surface area (Å²) in [5, 5.41) is 9.77. The lowest BCUT2D eigenvalue weighted by molar-refractivity contribution is 0.471. The minimum absolute atomic E-state index is 0.276. The Morgan fingerprint density at radius 3 is 2.83 bits per heavy atom. The van der Waals surface area contributed by atoms with Crippen molar-refractivity contribution in [3.8, 4) is 17.1 Å². The average Bonchev–Trinajstić information content (AvgIpc) is 2.71. The van der Waals surface area contributed by atoms with E-state index in [1.807, 2.05) is 29.8 Å². The van der Waals surface area contributed by atoms with Crippen molar-refractivity contribution in [1.82, 2.24) is 14.5 Å². The maximum absolute atomic E-state index is 9.77. The Balaban J connectivity index is 2.25. The summed E-state index contributed by atoms with van der Waals surface area (Å²) in [6.07, 6.45) is 3.52. The van der Waals surface area contributed by atoms with E-state index in [9.17, 15) is 5.11 Å². The largest absolute Gasteiger partial charge is 0.507 e. The molecule has 0 bridgehead atoms. The third kappa shape index (κ3) is 1.74. The molecule has 0 aliphatic carbocycles. The number of hydrogen-bond acceptors (Lipinski definition) is 3. The molecule has 0 aliphatic heterocycles. The normalized spacial score (nSPS) is 11.0. The van der Waals surface area contributed by atoms with Gasteiger partial charge >= 0.3 is 0 Å². The molecular weight excluding hydrogens is 341 g/mol. The van der Waals surface area contributed by atoms with Crippen molar-refractivity contribution in [2.75, 3.05) is 0 Å². The lowest BCUT2D eigenvalue weighted by atomic mass is 10.2. The van der Waals surface area contributed by atoms with Crippen LogP contribution in [0.4, 0.5) is 0 Å². The molecule has 4 nitrogen and oxygen atoms in total. The number of aromatic hydroxyl groups is 1. The number of rotatable bonds is 1. The Labute approximate surface area is 117 Å². The SMILES string of the molecule is Cn1c(-c2ccc(I)c(O)c2)nc2ccncc21. The van der Waals surface area contributed by atoms with Gasteiger partial charge in [0.2, 0.25) is 0 Å². The number of phenols is 1. The molecule has 5 heteroatoms. The molecule has 0 saturated carbocycles. The van der Waals surface area contributed by atoms with Crippen LogP contribution in [0.2, 0.25) is 0 Å². The van der Waals surface area contributed by atoms with E-state index in [4.69, 9.17) is 0 Å². The Kier molecular flexibility index (Phi) is 2.70. The molecule has 0 atom stereocenters. The fourth-order valence-electron chi connectivity index (χ4n) is 1.94. The van der Waals surface area contributed by atoms with E-state index in [2.05, 4.69) is 32.6 Å². The van der Waals surface area contributed by atoms with Gasteiger partial charge in [-0.05, 0) is 46.9 Å². The summed E-state index contributed by atoms with van der Waals surface area (Å²) in [5.41, 5.74) is 2.78. The van der Waals surface area contributed by atoms with Gasteiger partial charge in [0.15, 0.2) is 0 Å². The van der Waals surface area contributed by atoms with Gasteiger partial charge in [-0.15, -0.1) is 0 Å². The summed E-state index contributed by atoms with van der Waals surface area (Å²) in [4.78, 5) is 8.66. The molecule has 1 aromatic carbocycles. The number of fused-ring (bicyclic) bond motifs is 1. The second-order valence-electron chi connectivity index (χ2n) is 4.03. The molecule has 0 amide bonds. The predicted octanol–water partition coefficient (Wildman–Crippen LogP) is 2.95. The van der Waals surface area contributed by atoms with Gasteiger partial charge in [-0.2, -0.15) is 0 Å². The third-order valence-corrected chi connectivity index (χ3v) is 3.80. The quantitative estimate of drug-likeness (QED) is 0.686. The fraction of sp³-hybridized carbons (Fsp3) is 0.0769. The molecule has 0 unspecified atom stereocenters. The molecule has 0 saturated heterocycles. The number of nitrogens with zero attached hydrogens (tertiary/aromatic N) is 3. The van der Waals surface area contributed by atoms with Crippen molar-refractivity contribution < 1.29 is 5.11 Å². The highest BCUT2D eigenvalue weighted by molar-refractivity contribution is 14.1. The van der Waals surface area contributed by atoms with Crippen molar-refractivity contribution >= 4 is 33.6 Å². The van der Waals surface area contributed by atoms with Gasteiger partial charge in [0, 0.05) is 18.8 Å². The summed E-state index contributed by atoms with van der Waals surface area (Å²) in [7, 11) is 1.95. The molecule has 0 spiro atoms. The molecule has 90 valence electrons. The Bertz CT molecular complexity index is 736. The third-order valence-electron chi connectivity index (χ3n) is 2.89. The average molecular weight is 351 g/mol. The summed E-state index contributed by atoms with van der Waals surface area (Å²) in [6.45, 7) is 0. The van der Waals surface area contributed by atoms with Gasteiger partial charge < -0.3 is 9.67 Å². The van der Waals surface area contributed by atoms with E-state index in [1.54, 1.807) is 18.5 Å². The number of aryl methyl sites for hydroxylation is 1. The standard InChI is InChI=1S/C13H10IN3O/c1-17-11-7-15-5-4-10(11)16-13(17)8-2-3-9(14)12(18)6-8/h2-7,18H,1H3. The highest BCUT2D eigenvalue weighted by Crippen LogP contribution is 2.28. The van der Waals surface area contributed by atoms with Crippen molar-refractivity contribution in [3.05, 3.63) is 40.2 Å². The zero-order chi connectivity index (χ0) is 12.7. The number of halogens is 1. The summed E-state index contributed by atoms with van der Waals surface area (Å²) < 4.78 is 2.81. The second-order valence-corrected chi connectivity index (χ2v) is 5.19. The molecule has 3 aromatic rings. The molecular formula is C13H10IN3O. The second kappa shape index (κ2) is 4.24. The van der Waals surface area contributed by atoms with Crippen LogP contribution in [0.15, 0.2) is 36.7 Å². The minimum Gasteiger partial charge on any atom is -0.507 e. The van der Waals surface area contributed by atoms with E-state index < -0.39 is 0 Å². The van der Waals surface area contributed by atoms with Crippen LogP contribution in [0, 0.1) is 3.57 Å². The number of phenolic OH excluding ortho intramolecular Hbond substituents is 1. The van der Waals surface area contributed by atoms with Crippen LogP contribution in [0.25, 0.3) is 22.4 Å². The van der Waals surface area contributed by atoms with E-state index in [0.29, 0.717) is 0 Å². The Hall–Kier alpha value is -1.63. The van der Waals surface area contributed by atoms with E-state index in [-0.39, 0.29) is 5.75 Å². The monoisotopic (exact) mass is 351 g/mol. The van der Waals surface area contributed by atoms with Gasteiger partial charge in [0.05, 0.1) is 20.8 Å². The Morgan fingerprint density at radius 1 is 1.28 bits per heavy atom. The molecule has 3 rings (SSSR count). The highest BCUT2D eigenvalue weighted by atomic mass is 127. The molecule has 2 heterocycles. The fourth-order valence-corrected chi connectivity index (χ4v) is 2.28. The minimum atomic E-state index is 0.276. The van der Waals surface area contributed by atoms with Crippen LogP contribution in [0.5, 0.6) is 5.75 Å². The Morgan fingerprint density at radius 2 is 2.11 bits per heavy atom. The first-order valence-corrected chi connectivity index (χ1v) is 6.50. The zero-order valence-electron chi connectivity index (χ0n) is 9.63. The summed E-state index contributed by atoms with van der Waals surface area (Å²) in [6, 6.07) is 7.45. The van der Waals surface area contributed by atoms with E-state index in [0.717, 1.165) is 26.0 Å². The predicted molar refractivity (Wildman–Crippen MR) is 78.3 cm³/mol.